The summed E-state index contributed by atoms with van der Waals surface area (Å²) in [7, 11) is 0. The molecule has 0 atom stereocenters. The highest BCUT2D eigenvalue weighted by Gasteiger charge is 1.99. The first-order chi connectivity index (χ1) is 6.59. The molecule has 0 aliphatic heterocycles. The van der Waals surface area contributed by atoms with Crippen LogP contribution in [0.2, 0.25) is 0 Å². The Kier molecular flexibility index (Phi) is 3.05. The SMILES string of the molecule is Cc1nccn1CNC(=O)N=C(N)N. The molecule has 0 saturated carbocycles. The topological polar surface area (TPSA) is 111 Å². The molecule has 5 N–H and O–H groups in total. The number of nitrogens with two attached hydrogens (primary N) is 2. The number of nitrogens with zero attached hydrogens (tertiary/aromatic N) is 3. The lowest BCUT2D eigenvalue weighted by molar-refractivity contribution is 0.246. The molecule has 76 valence electrons. The Bertz CT molecular complexity index is 351. The minimum atomic E-state index is -0.571. The van der Waals surface area contributed by atoms with Crippen LogP contribution >= 0.6 is 0 Å². The van der Waals surface area contributed by atoms with Gasteiger partial charge in [0, 0.05) is 12.4 Å². The van der Waals surface area contributed by atoms with Crippen LogP contribution in [0.15, 0.2) is 17.4 Å². The first-order valence-electron chi connectivity index (χ1n) is 3.95. The van der Waals surface area contributed by atoms with Crippen LogP contribution in [-0.4, -0.2) is 21.5 Å². The van der Waals surface area contributed by atoms with Crippen LogP contribution in [0.1, 0.15) is 5.82 Å². The fourth-order valence-electron chi connectivity index (χ4n) is 0.880. The van der Waals surface area contributed by atoms with Crippen LogP contribution in [0.4, 0.5) is 4.79 Å². The van der Waals surface area contributed by atoms with Gasteiger partial charge >= 0.3 is 6.03 Å². The summed E-state index contributed by atoms with van der Waals surface area (Å²) in [5.74, 6) is 0.542. The number of amides is 2. The van der Waals surface area contributed by atoms with Gasteiger partial charge in [-0.1, -0.05) is 0 Å². The van der Waals surface area contributed by atoms with E-state index in [1.807, 2.05) is 6.92 Å². The number of hydrogen-bond acceptors (Lipinski definition) is 2. The van der Waals surface area contributed by atoms with Crippen LogP contribution in [0, 0.1) is 6.92 Å². The highest BCUT2D eigenvalue weighted by Crippen LogP contribution is 1.92. The van der Waals surface area contributed by atoms with Crippen LogP contribution in [-0.2, 0) is 6.67 Å². The molecule has 0 bridgehead atoms. The smallest absolute Gasteiger partial charge is 0.345 e. The second-order valence-corrected chi connectivity index (χ2v) is 2.62. The minimum absolute atomic E-state index is 0.259. The number of imidazole rings is 1. The lowest BCUT2D eigenvalue weighted by Gasteiger charge is -2.04. The van der Waals surface area contributed by atoms with Crippen LogP contribution in [0.25, 0.3) is 0 Å². The van der Waals surface area contributed by atoms with Crippen molar-refractivity contribution >= 4 is 12.0 Å². The quantitative estimate of drug-likeness (QED) is 0.421. The van der Waals surface area contributed by atoms with E-state index in [0.29, 0.717) is 6.67 Å². The Hall–Kier alpha value is -2.05. The van der Waals surface area contributed by atoms with Gasteiger partial charge in [0.2, 0.25) is 0 Å². The summed E-state index contributed by atoms with van der Waals surface area (Å²) in [6, 6.07) is -0.571. The van der Waals surface area contributed by atoms with Gasteiger partial charge in [0.05, 0.1) is 6.67 Å². The molecular weight excluding hydrogens is 184 g/mol. The van der Waals surface area contributed by atoms with Gasteiger partial charge in [-0.2, -0.15) is 4.99 Å². The molecule has 0 saturated heterocycles. The van der Waals surface area contributed by atoms with E-state index in [-0.39, 0.29) is 5.96 Å². The summed E-state index contributed by atoms with van der Waals surface area (Å²) in [5, 5.41) is 2.49. The van der Waals surface area contributed by atoms with Crippen molar-refractivity contribution in [3.63, 3.8) is 0 Å². The lowest BCUT2D eigenvalue weighted by Crippen LogP contribution is -2.29. The average Bonchev–Trinajstić information content (AvgIpc) is 2.46. The number of carbonyl (C=O) groups is 1. The van der Waals surface area contributed by atoms with Gasteiger partial charge in [-0.3, -0.25) is 0 Å². The van der Waals surface area contributed by atoms with Gasteiger partial charge in [-0.15, -0.1) is 0 Å². The van der Waals surface area contributed by atoms with E-state index < -0.39 is 6.03 Å². The number of aliphatic imine (C=N–C) groups is 1. The van der Waals surface area contributed by atoms with Crippen molar-refractivity contribution in [2.75, 3.05) is 0 Å². The Balaban J connectivity index is 2.46. The maximum atomic E-state index is 11.0. The molecule has 0 radical (unpaired) electrons. The number of aromatic nitrogens is 2. The molecule has 0 spiro atoms. The molecule has 0 aliphatic rings. The molecule has 14 heavy (non-hydrogen) atoms. The van der Waals surface area contributed by atoms with E-state index in [1.165, 1.54) is 0 Å². The van der Waals surface area contributed by atoms with Crippen molar-refractivity contribution in [1.82, 2.24) is 14.9 Å². The fraction of sp³-hybridized carbons (Fsp3) is 0.286. The summed E-state index contributed by atoms with van der Waals surface area (Å²) < 4.78 is 1.75. The van der Waals surface area contributed by atoms with Gasteiger partial charge in [0.1, 0.15) is 5.82 Å². The van der Waals surface area contributed by atoms with Crippen LogP contribution in [0.3, 0.4) is 0 Å². The molecule has 0 unspecified atom stereocenters. The first kappa shape index (κ1) is 10.0. The molecule has 7 nitrogen and oxygen atoms in total. The summed E-state index contributed by atoms with van der Waals surface area (Å²) in [6.45, 7) is 2.12. The molecule has 0 aliphatic carbocycles. The van der Waals surface area contributed by atoms with Gasteiger partial charge in [0.25, 0.3) is 0 Å². The van der Waals surface area contributed by atoms with Crippen molar-refractivity contribution in [3.8, 4) is 0 Å². The molecule has 1 rings (SSSR count). The molecule has 2 amide bonds. The predicted octanol–water partition coefficient (Wildman–Crippen LogP) is -0.868. The third-order valence-electron chi connectivity index (χ3n) is 1.55. The molecule has 1 aromatic heterocycles. The summed E-state index contributed by atoms with van der Waals surface area (Å²) >= 11 is 0. The number of hydrogen-bond donors (Lipinski definition) is 3. The van der Waals surface area contributed by atoms with Gasteiger partial charge in [0.15, 0.2) is 5.96 Å². The highest BCUT2D eigenvalue weighted by atomic mass is 16.2. The zero-order valence-corrected chi connectivity index (χ0v) is 7.77. The summed E-state index contributed by atoms with van der Waals surface area (Å²) in [4.78, 5) is 18.2. The number of nitrogens with one attached hydrogen (secondary N) is 1. The molecule has 0 aromatic carbocycles. The zero-order valence-electron chi connectivity index (χ0n) is 7.77. The Morgan fingerprint density at radius 3 is 2.93 bits per heavy atom. The molecule has 7 heteroatoms. The van der Waals surface area contributed by atoms with Gasteiger partial charge < -0.3 is 21.4 Å². The Morgan fingerprint density at radius 2 is 2.43 bits per heavy atom. The van der Waals surface area contributed by atoms with E-state index in [9.17, 15) is 4.79 Å². The number of rotatable bonds is 2. The van der Waals surface area contributed by atoms with Crippen molar-refractivity contribution in [1.29, 1.82) is 0 Å². The summed E-state index contributed by atoms with van der Waals surface area (Å²) in [6.07, 6.45) is 3.38. The predicted molar refractivity (Wildman–Crippen MR) is 51.3 cm³/mol. The Labute approximate surface area is 80.8 Å². The second-order valence-electron chi connectivity index (χ2n) is 2.62. The zero-order chi connectivity index (χ0) is 10.6. The Morgan fingerprint density at radius 1 is 1.71 bits per heavy atom. The minimum Gasteiger partial charge on any atom is -0.370 e. The van der Waals surface area contributed by atoms with E-state index in [2.05, 4.69) is 15.3 Å². The van der Waals surface area contributed by atoms with Crippen molar-refractivity contribution < 1.29 is 4.79 Å². The fourth-order valence-corrected chi connectivity index (χ4v) is 0.880. The lowest BCUT2D eigenvalue weighted by atomic mass is 10.7. The maximum Gasteiger partial charge on any atom is 0.345 e. The third-order valence-corrected chi connectivity index (χ3v) is 1.55. The average molecular weight is 196 g/mol. The number of carbonyl (C=O) groups excluding carboxylic acids is 1. The molecular formula is C7H12N6O. The largest absolute Gasteiger partial charge is 0.370 e. The van der Waals surface area contributed by atoms with Crippen molar-refractivity contribution in [2.45, 2.75) is 13.6 Å². The number of urea groups is 1. The van der Waals surface area contributed by atoms with E-state index >= 15 is 0 Å². The normalized spacial score (nSPS) is 9.50. The monoisotopic (exact) mass is 196 g/mol. The number of aryl methyl sites for hydroxylation is 1. The van der Waals surface area contributed by atoms with Gasteiger partial charge in [-0.05, 0) is 6.92 Å². The molecule has 1 heterocycles. The molecule has 1 aromatic rings. The maximum absolute atomic E-state index is 11.0. The molecule has 0 fully saturated rings. The van der Waals surface area contributed by atoms with Crippen LogP contribution < -0.4 is 16.8 Å². The summed E-state index contributed by atoms with van der Waals surface area (Å²) in [5.41, 5.74) is 10.0. The van der Waals surface area contributed by atoms with E-state index in [0.717, 1.165) is 5.82 Å². The first-order valence-corrected chi connectivity index (χ1v) is 3.95. The third kappa shape index (κ3) is 2.77. The van der Waals surface area contributed by atoms with Crippen LogP contribution in [0.5, 0.6) is 0 Å². The van der Waals surface area contributed by atoms with Crippen molar-refractivity contribution in [2.24, 2.45) is 16.5 Å². The standard InChI is InChI=1S/C7H12N6O/c1-5-10-2-3-13(5)4-11-7(14)12-6(8)9/h2-3H,4H2,1H3,(H5,8,9,11,12,14). The highest BCUT2D eigenvalue weighted by molar-refractivity contribution is 5.90. The van der Waals surface area contributed by atoms with E-state index in [4.69, 9.17) is 11.5 Å². The van der Waals surface area contributed by atoms with Crippen molar-refractivity contribution in [3.05, 3.63) is 18.2 Å². The van der Waals surface area contributed by atoms with E-state index in [1.54, 1.807) is 17.0 Å². The second kappa shape index (κ2) is 4.26. The van der Waals surface area contributed by atoms with Gasteiger partial charge in [-0.25, -0.2) is 9.78 Å². The number of guanidine groups is 1.